The summed E-state index contributed by atoms with van der Waals surface area (Å²) in [5.74, 6) is 0.525. The predicted molar refractivity (Wildman–Crippen MR) is 56.0 cm³/mol. The van der Waals surface area contributed by atoms with Crippen molar-refractivity contribution in [1.29, 1.82) is 0 Å². The van der Waals surface area contributed by atoms with Crippen LogP contribution in [-0.2, 0) is 0 Å². The monoisotopic (exact) mass is 195 g/mol. The van der Waals surface area contributed by atoms with Gasteiger partial charge in [-0.15, -0.1) is 0 Å². The van der Waals surface area contributed by atoms with Crippen LogP contribution in [0.15, 0.2) is 0 Å². The Bertz CT molecular complexity index is 118. The van der Waals surface area contributed by atoms with Gasteiger partial charge in [0.2, 0.25) is 0 Å². The molecule has 0 aromatic heterocycles. The summed E-state index contributed by atoms with van der Waals surface area (Å²) in [4.78, 5) is 0. The van der Waals surface area contributed by atoms with E-state index in [4.69, 9.17) is 0 Å². The van der Waals surface area contributed by atoms with Crippen LogP contribution < -0.4 is 5.32 Å². The van der Waals surface area contributed by atoms with Crippen LogP contribution in [0.5, 0.6) is 0 Å². The smallest absolute Gasteiger partial charge is 0.0428 e. The van der Waals surface area contributed by atoms with Crippen LogP contribution in [0.1, 0.15) is 27.2 Å². The Hall–Kier alpha value is 0.230. The van der Waals surface area contributed by atoms with E-state index >= 15 is 0 Å². The van der Waals surface area contributed by atoms with Crippen LogP contribution in [0, 0.1) is 0 Å². The molecule has 76 valence electrons. The topological polar surface area (TPSA) is 52.5 Å². The quantitative estimate of drug-likeness (QED) is 0.569. The maximum Gasteiger partial charge on any atom is 0.0428 e. The molecular weight excluding hydrogens is 174 g/mol. The average Bonchev–Trinajstić information content (AvgIpc) is 1.98. The molecule has 0 radical (unpaired) electrons. The Kier molecular flexibility index (Phi) is 5.92. The third-order valence-electron chi connectivity index (χ3n) is 1.80. The maximum absolute atomic E-state index is 9.50. The van der Waals surface area contributed by atoms with Gasteiger partial charge < -0.3 is 5.32 Å². The van der Waals surface area contributed by atoms with Crippen molar-refractivity contribution in [1.82, 2.24) is 5.32 Å². The van der Waals surface area contributed by atoms with Crippen molar-refractivity contribution >= 4 is 10.6 Å². The third kappa shape index (κ3) is 4.98. The van der Waals surface area contributed by atoms with E-state index in [0.29, 0.717) is 5.75 Å². The molecule has 12 heavy (non-hydrogen) atoms. The molecule has 0 aliphatic rings. The molecule has 4 heteroatoms. The van der Waals surface area contributed by atoms with Gasteiger partial charge in [-0.25, -0.2) is 0 Å². The van der Waals surface area contributed by atoms with Crippen LogP contribution in [0.2, 0.25) is 0 Å². The summed E-state index contributed by atoms with van der Waals surface area (Å²) in [6.45, 7) is 7.56. The second-order valence-electron chi connectivity index (χ2n) is 3.18. The molecule has 0 aliphatic carbocycles. The van der Waals surface area contributed by atoms with Crippen LogP contribution in [0.4, 0.5) is 0 Å². The van der Waals surface area contributed by atoms with Gasteiger partial charge in [-0.05, 0) is 33.4 Å². The molecule has 0 fully saturated rings. The molecule has 3 nitrogen and oxygen atoms in total. The van der Waals surface area contributed by atoms with Crippen LogP contribution in [0.25, 0.3) is 0 Å². The molecule has 3 N–H and O–H groups in total. The summed E-state index contributed by atoms with van der Waals surface area (Å²) in [5, 5.41) is 3.14. The van der Waals surface area contributed by atoms with E-state index in [9.17, 15) is 9.11 Å². The van der Waals surface area contributed by atoms with Crippen molar-refractivity contribution in [2.24, 2.45) is 0 Å². The standard InChI is InChI=1S/C8H21NO2S/c1-4-9-6-5-7-12(10,11)8(2)3/h8-11H,4-7H2,1-3H3. The van der Waals surface area contributed by atoms with E-state index in [2.05, 4.69) is 5.32 Å². The summed E-state index contributed by atoms with van der Waals surface area (Å²) in [6, 6.07) is 0. The lowest BCUT2D eigenvalue weighted by molar-refractivity contribution is 0.473. The van der Waals surface area contributed by atoms with Gasteiger partial charge in [-0.1, -0.05) is 6.92 Å². The Morgan fingerprint density at radius 3 is 2.33 bits per heavy atom. The van der Waals surface area contributed by atoms with Crippen molar-refractivity contribution in [3.8, 4) is 0 Å². The van der Waals surface area contributed by atoms with E-state index in [-0.39, 0.29) is 5.25 Å². The zero-order chi connectivity index (χ0) is 9.61. The predicted octanol–water partition coefficient (Wildman–Crippen LogP) is 2.15. The fourth-order valence-corrected chi connectivity index (χ4v) is 1.86. The first-order valence-electron chi connectivity index (χ1n) is 4.46. The van der Waals surface area contributed by atoms with Crippen molar-refractivity contribution in [2.45, 2.75) is 32.4 Å². The molecular formula is C8H21NO2S. The summed E-state index contributed by atoms with van der Waals surface area (Å²) in [7, 11) is -2.32. The largest absolute Gasteiger partial charge is 0.317 e. The second-order valence-corrected chi connectivity index (χ2v) is 5.96. The third-order valence-corrected chi connectivity index (χ3v) is 4.20. The first-order chi connectivity index (χ1) is 5.50. The molecule has 0 bridgehead atoms. The minimum atomic E-state index is -2.32. The highest BCUT2D eigenvalue weighted by atomic mass is 32.3. The van der Waals surface area contributed by atoms with Gasteiger partial charge in [0.1, 0.15) is 0 Å². The number of rotatable bonds is 6. The lowest BCUT2D eigenvalue weighted by atomic mass is 10.5. The molecule has 0 amide bonds. The van der Waals surface area contributed by atoms with E-state index in [0.717, 1.165) is 19.5 Å². The van der Waals surface area contributed by atoms with E-state index in [1.807, 2.05) is 20.8 Å². The van der Waals surface area contributed by atoms with Gasteiger partial charge in [0.15, 0.2) is 0 Å². The molecule has 0 aromatic carbocycles. The first kappa shape index (κ1) is 12.2. The lowest BCUT2D eigenvalue weighted by Crippen LogP contribution is -2.20. The van der Waals surface area contributed by atoms with E-state index < -0.39 is 10.6 Å². The highest BCUT2D eigenvalue weighted by Gasteiger charge is 2.15. The highest BCUT2D eigenvalue weighted by Crippen LogP contribution is 2.43. The summed E-state index contributed by atoms with van der Waals surface area (Å²) in [6.07, 6.45) is 0.842. The van der Waals surface area contributed by atoms with E-state index in [1.165, 1.54) is 0 Å². The first-order valence-corrected chi connectivity index (χ1v) is 6.24. The van der Waals surface area contributed by atoms with Crippen LogP contribution in [0.3, 0.4) is 0 Å². The highest BCUT2D eigenvalue weighted by molar-refractivity contribution is 8.24. The SMILES string of the molecule is CCNCCCS(O)(O)C(C)C. The van der Waals surface area contributed by atoms with Gasteiger partial charge >= 0.3 is 0 Å². The second kappa shape index (κ2) is 5.80. The van der Waals surface area contributed by atoms with Gasteiger partial charge in [-0.3, -0.25) is 9.11 Å². The molecule has 0 aromatic rings. The molecule has 0 saturated carbocycles. The maximum atomic E-state index is 9.50. The lowest BCUT2D eigenvalue weighted by Gasteiger charge is -2.36. The molecule has 0 heterocycles. The number of hydrogen-bond donors (Lipinski definition) is 3. The number of nitrogens with one attached hydrogen (secondary N) is 1. The normalized spacial score (nSPS) is 13.8. The fraction of sp³-hybridized carbons (Fsp3) is 1.00. The fourth-order valence-electron chi connectivity index (χ4n) is 0.822. The van der Waals surface area contributed by atoms with Crippen molar-refractivity contribution in [3.63, 3.8) is 0 Å². The minimum Gasteiger partial charge on any atom is -0.317 e. The van der Waals surface area contributed by atoms with Gasteiger partial charge in [-0.2, -0.15) is 10.6 Å². The molecule has 0 unspecified atom stereocenters. The number of hydrogen-bond acceptors (Lipinski definition) is 3. The van der Waals surface area contributed by atoms with Crippen LogP contribution in [-0.4, -0.2) is 33.2 Å². The molecule has 0 spiro atoms. The molecule has 0 saturated heterocycles. The van der Waals surface area contributed by atoms with Gasteiger partial charge in [0.05, 0.1) is 0 Å². The molecule has 0 aliphatic heterocycles. The van der Waals surface area contributed by atoms with Crippen LogP contribution >= 0.6 is 10.6 Å². The Morgan fingerprint density at radius 1 is 1.33 bits per heavy atom. The summed E-state index contributed by atoms with van der Waals surface area (Å²) >= 11 is 0. The van der Waals surface area contributed by atoms with Crippen molar-refractivity contribution in [3.05, 3.63) is 0 Å². The van der Waals surface area contributed by atoms with E-state index in [1.54, 1.807) is 0 Å². The molecule has 0 rings (SSSR count). The van der Waals surface area contributed by atoms with Gasteiger partial charge in [0, 0.05) is 11.0 Å². The Labute approximate surface area is 76.9 Å². The van der Waals surface area contributed by atoms with Crippen molar-refractivity contribution in [2.75, 3.05) is 18.8 Å². The summed E-state index contributed by atoms with van der Waals surface area (Å²) in [5.41, 5.74) is 0. The Balaban J connectivity index is 3.47. The summed E-state index contributed by atoms with van der Waals surface area (Å²) < 4.78 is 19.0. The minimum absolute atomic E-state index is 0.0147. The molecule has 0 atom stereocenters. The van der Waals surface area contributed by atoms with Gasteiger partial charge in [0.25, 0.3) is 0 Å². The Morgan fingerprint density at radius 2 is 1.92 bits per heavy atom. The zero-order valence-corrected chi connectivity index (χ0v) is 9.02. The van der Waals surface area contributed by atoms with Crippen molar-refractivity contribution < 1.29 is 9.11 Å². The average molecular weight is 195 g/mol. The zero-order valence-electron chi connectivity index (χ0n) is 8.21.